The molecule has 0 bridgehead atoms. The quantitative estimate of drug-likeness (QED) is 0.487. The predicted molar refractivity (Wildman–Crippen MR) is 130 cm³/mol. The van der Waals surface area contributed by atoms with Gasteiger partial charge in [0.05, 0.1) is 14.9 Å². The molecule has 1 aliphatic heterocycles. The van der Waals surface area contributed by atoms with Gasteiger partial charge in [-0.2, -0.15) is 14.0 Å². The molecule has 1 atom stereocenters. The lowest BCUT2D eigenvalue weighted by atomic mass is 9.96. The molecule has 0 spiro atoms. The van der Waals surface area contributed by atoms with Crippen LogP contribution in [0.15, 0.2) is 103 Å². The van der Waals surface area contributed by atoms with E-state index >= 15 is 0 Å². The second-order valence-electron chi connectivity index (χ2n) is 7.72. The van der Waals surface area contributed by atoms with Gasteiger partial charge in [0.1, 0.15) is 4.87 Å². The Labute approximate surface area is 207 Å². The molecule has 7 heteroatoms. The van der Waals surface area contributed by atoms with E-state index in [4.69, 9.17) is 18.6 Å². The van der Waals surface area contributed by atoms with Gasteiger partial charge in [-0.15, -0.1) is 0 Å². The zero-order valence-corrected chi connectivity index (χ0v) is 20.5. The molecule has 34 heavy (non-hydrogen) atoms. The third-order valence-electron chi connectivity index (χ3n) is 5.20. The van der Waals surface area contributed by atoms with Crippen LogP contribution in [0.1, 0.15) is 36.5 Å². The number of hydrogen-bond acceptors (Lipinski definition) is 6. The fraction of sp³-hybridized carbons (Fsp3) is 0.185. The van der Waals surface area contributed by atoms with Crippen LogP contribution in [-0.2, 0) is 4.87 Å². The summed E-state index contributed by atoms with van der Waals surface area (Å²) in [5.74, 6) is 0. The topological polar surface area (TPSA) is 101 Å². The zero-order valence-electron chi connectivity index (χ0n) is 18.9. The van der Waals surface area contributed by atoms with Crippen molar-refractivity contribution in [3.8, 4) is 0 Å². The summed E-state index contributed by atoms with van der Waals surface area (Å²) in [6.07, 6.45) is 7.08. The summed E-state index contributed by atoms with van der Waals surface area (Å²) < 4.78 is 32.7. The zero-order chi connectivity index (χ0) is 24.4. The van der Waals surface area contributed by atoms with Crippen molar-refractivity contribution in [2.75, 3.05) is 6.54 Å². The first-order chi connectivity index (χ1) is 16.3. The minimum absolute atomic E-state index is 0.290. The lowest BCUT2D eigenvalue weighted by Gasteiger charge is -2.36. The first kappa shape index (κ1) is 26.2. The van der Waals surface area contributed by atoms with Gasteiger partial charge >= 0.3 is 0 Å². The summed E-state index contributed by atoms with van der Waals surface area (Å²) in [5.41, 5.74) is 5.06. The fourth-order valence-corrected chi connectivity index (χ4v) is 5.05. The molecule has 3 aromatic carbocycles. The van der Waals surface area contributed by atoms with E-state index in [0.29, 0.717) is 0 Å². The van der Waals surface area contributed by atoms with Crippen LogP contribution in [0.2, 0.25) is 0 Å². The van der Waals surface area contributed by atoms with Gasteiger partial charge in [0.2, 0.25) is 0 Å². The van der Waals surface area contributed by atoms with Crippen molar-refractivity contribution in [1.82, 2.24) is 5.32 Å². The van der Waals surface area contributed by atoms with Gasteiger partial charge in [-0.3, -0.25) is 5.32 Å². The summed E-state index contributed by atoms with van der Waals surface area (Å²) in [5, 5.41) is 3.90. The van der Waals surface area contributed by atoms with Crippen LogP contribution >= 0.6 is 11.8 Å². The Morgan fingerprint density at radius 1 is 0.824 bits per heavy atom. The lowest BCUT2D eigenvalue weighted by Crippen LogP contribution is -2.58. The maximum Gasteiger partial charge on any atom is 0.114 e. The van der Waals surface area contributed by atoms with Crippen LogP contribution in [0, 0.1) is 10.2 Å². The molecule has 1 unspecified atom stereocenters. The van der Waals surface area contributed by atoms with Crippen molar-refractivity contribution in [3.05, 3.63) is 120 Å². The molecule has 1 heterocycles. The van der Waals surface area contributed by atoms with Crippen molar-refractivity contribution in [2.24, 2.45) is 0 Å². The monoisotopic (exact) mass is 497 g/mol. The largest absolute Gasteiger partial charge is 0.296 e. The normalized spacial score (nSPS) is 17.8. The molecule has 2 N–H and O–H groups in total. The number of unbranched alkanes of at least 4 members (excludes halogenated alkanes) is 1. The first-order valence-electron chi connectivity index (χ1n) is 11.0. The Morgan fingerprint density at radius 2 is 1.32 bits per heavy atom. The molecule has 0 fully saturated rings. The Bertz CT molecular complexity index is 1080. The summed E-state index contributed by atoms with van der Waals surface area (Å²) in [6.45, 7) is 3.23. The van der Waals surface area contributed by atoms with Crippen molar-refractivity contribution >= 4 is 22.2 Å². The van der Waals surface area contributed by atoms with Gasteiger partial charge < -0.3 is 0 Å². The van der Waals surface area contributed by atoms with Crippen LogP contribution < -0.4 is 19.3 Å². The highest BCUT2D eigenvalue weighted by atomic mass is 35.7. The Morgan fingerprint density at radius 3 is 1.85 bits per heavy atom. The molecule has 0 amide bonds. The highest BCUT2D eigenvalue weighted by Gasteiger charge is 2.35. The highest BCUT2D eigenvalue weighted by Crippen LogP contribution is 2.49. The van der Waals surface area contributed by atoms with E-state index in [9.17, 15) is 0 Å². The number of benzene rings is 3. The SMILES string of the molecule is CCCCNC1(c2ccccc2)C=C(c2ccccc2)C=C(c2ccccc2)S1.[O-][Cl+3]([O-])([O-])O. The molecule has 0 saturated heterocycles. The molecule has 0 saturated carbocycles. The summed E-state index contributed by atoms with van der Waals surface area (Å²) in [7, 11) is -4.69. The number of nitrogens with one attached hydrogen (secondary N) is 1. The molecule has 0 aromatic heterocycles. The summed E-state index contributed by atoms with van der Waals surface area (Å²) >= 11 is 1.91. The smallest absolute Gasteiger partial charge is 0.114 e. The van der Waals surface area contributed by atoms with E-state index in [1.807, 2.05) is 11.8 Å². The predicted octanol–water partition coefficient (Wildman–Crippen LogP) is 2.98. The minimum atomic E-state index is -4.69. The van der Waals surface area contributed by atoms with Crippen molar-refractivity contribution < 1.29 is 28.9 Å². The van der Waals surface area contributed by atoms with Crippen LogP contribution in [0.25, 0.3) is 10.5 Å². The minimum Gasteiger partial charge on any atom is -0.296 e. The van der Waals surface area contributed by atoms with E-state index in [1.54, 1.807) is 0 Å². The van der Waals surface area contributed by atoms with E-state index in [0.717, 1.165) is 13.0 Å². The van der Waals surface area contributed by atoms with Crippen LogP contribution in [0.5, 0.6) is 0 Å². The lowest BCUT2D eigenvalue weighted by molar-refractivity contribution is -1.92. The van der Waals surface area contributed by atoms with E-state index in [1.165, 1.54) is 33.6 Å². The Kier molecular flexibility index (Phi) is 9.50. The molecule has 1 aliphatic rings. The molecule has 178 valence electrons. The summed E-state index contributed by atoms with van der Waals surface area (Å²) in [6, 6.07) is 32.2. The second kappa shape index (κ2) is 12.3. The standard InChI is InChI=1S/C27H27NS.ClHO4/c1-2-3-19-28-27(25-17-11-6-12-18-25)21-24(22-13-7-4-8-14-22)20-26(29-27)23-15-9-5-10-16-23;2-1(3,4)5/h4-18,20-21,28H,2-3,19H2,1H3;(H,2,3,4,5). The average molecular weight is 498 g/mol. The Hall–Kier alpha value is -2.42. The van der Waals surface area contributed by atoms with Crippen molar-refractivity contribution in [2.45, 2.75) is 24.6 Å². The van der Waals surface area contributed by atoms with E-state index in [-0.39, 0.29) is 4.87 Å². The van der Waals surface area contributed by atoms with Crippen molar-refractivity contribution in [1.29, 1.82) is 0 Å². The molecule has 5 nitrogen and oxygen atoms in total. The number of allylic oxidation sites excluding steroid dienone is 2. The van der Waals surface area contributed by atoms with Crippen molar-refractivity contribution in [3.63, 3.8) is 0 Å². The van der Waals surface area contributed by atoms with E-state index in [2.05, 4.69) is 115 Å². The summed E-state index contributed by atoms with van der Waals surface area (Å²) in [4.78, 5) is 1.00. The number of rotatable bonds is 7. The third-order valence-corrected chi connectivity index (χ3v) is 6.60. The average Bonchev–Trinajstić information content (AvgIpc) is 2.85. The maximum absolute atomic E-state index is 8.60. The van der Waals surface area contributed by atoms with Crippen LogP contribution in [-0.4, -0.2) is 11.2 Å². The molecular weight excluding hydrogens is 470 g/mol. The molecule has 3 aromatic rings. The second-order valence-corrected chi connectivity index (χ2v) is 9.80. The fourth-order valence-electron chi connectivity index (χ4n) is 3.64. The molecule has 4 rings (SSSR count). The number of hydrogen-bond donors (Lipinski definition) is 2. The molecule has 0 radical (unpaired) electrons. The first-order valence-corrected chi connectivity index (χ1v) is 13.1. The van der Waals surface area contributed by atoms with Crippen LogP contribution in [0.4, 0.5) is 0 Å². The van der Waals surface area contributed by atoms with Gasteiger partial charge in [0.25, 0.3) is 0 Å². The highest BCUT2D eigenvalue weighted by molar-refractivity contribution is 8.09. The van der Waals surface area contributed by atoms with E-state index < -0.39 is 10.2 Å². The van der Waals surface area contributed by atoms with Gasteiger partial charge in [-0.1, -0.05) is 116 Å². The third kappa shape index (κ3) is 7.82. The molecular formula is C27H28ClNO4S. The Balaban J connectivity index is 0.000000588. The van der Waals surface area contributed by atoms with Gasteiger partial charge in [-0.05, 0) is 47.4 Å². The van der Waals surface area contributed by atoms with Gasteiger partial charge in [-0.25, -0.2) is 0 Å². The van der Waals surface area contributed by atoms with Crippen LogP contribution in [0.3, 0.4) is 0 Å². The number of thioether (sulfide) groups is 1. The van der Waals surface area contributed by atoms with Gasteiger partial charge in [0.15, 0.2) is 0 Å². The number of halogens is 1. The maximum atomic E-state index is 8.60. The molecule has 0 aliphatic carbocycles. The van der Waals surface area contributed by atoms with Gasteiger partial charge in [0, 0.05) is 4.91 Å².